The number of thiazole rings is 1. The normalized spacial score (nSPS) is 13.3. The molecule has 0 saturated carbocycles. The first-order chi connectivity index (χ1) is 15.5. The highest BCUT2D eigenvalue weighted by Crippen LogP contribution is 2.25. The summed E-state index contributed by atoms with van der Waals surface area (Å²) in [5.74, 6) is -0.918. The summed E-state index contributed by atoms with van der Waals surface area (Å²) in [7, 11) is 0. The molecule has 1 aliphatic rings. The van der Waals surface area contributed by atoms with E-state index in [0.29, 0.717) is 23.7 Å². The second-order valence-corrected chi connectivity index (χ2v) is 8.51. The number of amides is 2. The number of hydrogen-bond donors (Lipinski definition) is 1. The molecule has 1 fully saturated rings. The van der Waals surface area contributed by atoms with Crippen molar-refractivity contribution in [1.29, 1.82) is 0 Å². The predicted molar refractivity (Wildman–Crippen MR) is 122 cm³/mol. The fraction of sp³-hybridized carbons (Fsp3) is 0.250. The van der Waals surface area contributed by atoms with Crippen LogP contribution in [-0.2, 0) is 20.9 Å². The molecule has 164 valence electrons. The first-order valence-electron chi connectivity index (χ1n) is 10.3. The van der Waals surface area contributed by atoms with E-state index in [9.17, 15) is 14.4 Å². The number of benzene rings is 2. The number of likely N-dealkylation sites (tertiary alicyclic amines) is 1. The number of carbonyl (C=O) groups excluding carboxylic acids is 3. The molecule has 1 saturated heterocycles. The molecule has 4 rings (SSSR count). The highest BCUT2D eigenvalue weighted by molar-refractivity contribution is 7.14. The van der Waals surface area contributed by atoms with E-state index in [1.807, 2.05) is 42.6 Å². The van der Waals surface area contributed by atoms with Crippen LogP contribution in [0.5, 0.6) is 0 Å². The Labute approximate surface area is 190 Å². The molecule has 2 heterocycles. The molecule has 0 unspecified atom stereocenters. The molecule has 1 N–H and O–H groups in total. The van der Waals surface area contributed by atoms with Crippen molar-refractivity contribution < 1.29 is 19.1 Å². The van der Waals surface area contributed by atoms with Crippen molar-refractivity contribution in [3.05, 3.63) is 70.6 Å². The number of aromatic nitrogens is 1. The van der Waals surface area contributed by atoms with Crippen LogP contribution in [0.15, 0.2) is 53.9 Å². The molecule has 0 bridgehead atoms. The van der Waals surface area contributed by atoms with Crippen molar-refractivity contribution in [2.24, 2.45) is 0 Å². The number of hydrogen-bond acceptors (Lipinski definition) is 6. The Balaban J connectivity index is 1.29. The van der Waals surface area contributed by atoms with Crippen LogP contribution in [0.25, 0.3) is 11.3 Å². The van der Waals surface area contributed by atoms with E-state index in [0.717, 1.165) is 35.3 Å². The molecule has 0 spiro atoms. The predicted octanol–water partition coefficient (Wildman–Crippen LogP) is 4.04. The van der Waals surface area contributed by atoms with Gasteiger partial charge in [-0.2, -0.15) is 0 Å². The van der Waals surface area contributed by atoms with Crippen molar-refractivity contribution in [2.75, 3.05) is 18.5 Å². The van der Waals surface area contributed by atoms with E-state index in [-0.39, 0.29) is 5.91 Å². The molecule has 1 aliphatic heterocycles. The van der Waals surface area contributed by atoms with Gasteiger partial charge < -0.3 is 9.64 Å². The Morgan fingerprint density at radius 1 is 1.19 bits per heavy atom. The van der Waals surface area contributed by atoms with Crippen LogP contribution >= 0.6 is 11.3 Å². The van der Waals surface area contributed by atoms with Crippen molar-refractivity contribution in [1.82, 2.24) is 9.88 Å². The molecular formula is C24H23N3O4S. The highest BCUT2D eigenvalue weighted by Gasteiger charge is 2.20. The molecule has 32 heavy (non-hydrogen) atoms. The minimum atomic E-state index is -0.589. The maximum absolute atomic E-state index is 12.4. The summed E-state index contributed by atoms with van der Waals surface area (Å²) in [6, 6.07) is 14.9. The fourth-order valence-electron chi connectivity index (χ4n) is 3.45. The lowest BCUT2D eigenvalue weighted by atomic mass is 10.1. The van der Waals surface area contributed by atoms with E-state index in [2.05, 4.69) is 10.3 Å². The number of esters is 1. The third-order valence-corrected chi connectivity index (χ3v) is 5.90. The minimum Gasteiger partial charge on any atom is -0.452 e. The summed E-state index contributed by atoms with van der Waals surface area (Å²) in [5, 5.41) is 4.97. The standard InChI is InChI=1S/C24H23N3O4S/c1-16-7-9-18(10-8-16)20-15-32-24(25-20)26-21(28)14-31-23(30)19-5-2-4-17(12-19)13-27-11-3-6-22(27)29/h2,4-5,7-10,12,15H,3,6,11,13-14H2,1H3,(H,25,26,28). The van der Waals surface area contributed by atoms with Crippen molar-refractivity contribution in [3.8, 4) is 11.3 Å². The summed E-state index contributed by atoms with van der Waals surface area (Å²) >= 11 is 1.31. The van der Waals surface area contributed by atoms with Gasteiger partial charge in [-0.1, -0.05) is 42.0 Å². The maximum atomic E-state index is 12.4. The van der Waals surface area contributed by atoms with E-state index in [1.54, 1.807) is 23.1 Å². The second kappa shape index (κ2) is 9.74. The van der Waals surface area contributed by atoms with Gasteiger partial charge in [-0.25, -0.2) is 9.78 Å². The topological polar surface area (TPSA) is 88.6 Å². The Kier molecular flexibility index (Phi) is 6.61. The van der Waals surface area contributed by atoms with Gasteiger partial charge in [0, 0.05) is 30.5 Å². The summed E-state index contributed by atoms with van der Waals surface area (Å²) < 4.78 is 5.16. The number of aryl methyl sites for hydroxylation is 1. The monoisotopic (exact) mass is 449 g/mol. The molecule has 1 aromatic heterocycles. The molecule has 2 aromatic carbocycles. The highest BCUT2D eigenvalue weighted by atomic mass is 32.1. The first-order valence-corrected chi connectivity index (χ1v) is 11.2. The molecule has 3 aromatic rings. The van der Waals surface area contributed by atoms with Crippen LogP contribution < -0.4 is 5.32 Å². The number of nitrogens with one attached hydrogen (secondary N) is 1. The lowest BCUT2D eigenvalue weighted by Gasteiger charge is -2.15. The van der Waals surface area contributed by atoms with Crippen LogP contribution in [-0.4, -0.2) is 40.8 Å². The van der Waals surface area contributed by atoms with Gasteiger partial charge in [-0.15, -0.1) is 11.3 Å². The Morgan fingerprint density at radius 2 is 2.00 bits per heavy atom. The fourth-order valence-corrected chi connectivity index (χ4v) is 4.18. The number of nitrogens with zero attached hydrogens (tertiary/aromatic N) is 2. The Bertz CT molecular complexity index is 1140. The lowest BCUT2D eigenvalue weighted by molar-refractivity contribution is -0.128. The molecular weight excluding hydrogens is 426 g/mol. The molecule has 8 heteroatoms. The number of ether oxygens (including phenoxy) is 1. The minimum absolute atomic E-state index is 0.127. The van der Waals surface area contributed by atoms with Crippen LogP contribution in [0, 0.1) is 6.92 Å². The van der Waals surface area contributed by atoms with Gasteiger partial charge in [-0.05, 0) is 31.0 Å². The number of anilines is 1. The van der Waals surface area contributed by atoms with Crippen LogP contribution in [0.2, 0.25) is 0 Å². The molecule has 0 radical (unpaired) electrons. The van der Waals surface area contributed by atoms with Crippen molar-refractivity contribution >= 4 is 34.3 Å². The summed E-state index contributed by atoms with van der Waals surface area (Å²) in [6.45, 7) is 2.81. The van der Waals surface area contributed by atoms with Gasteiger partial charge in [0.25, 0.3) is 5.91 Å². The largest absolute Gasteiger partial charge is 0.452 e. The molecule has 0 aliphatic carbocycles. The van der Waals surface area contributed by atoms with Crippen LogP contribution in [0.4, 0.5) is 5.13 Å². The van der Waals surface area contributed by atoms with E-state index >= 15 is 0 Å². The van der Waals surface area contributed by atoms with E-state index < -0.39 is 18.5 Å². The van der Waals surface area contributed by atoms with Crippen LogP contribution in [0.3, 0.4) is 0 Å². The third-order valence-electron chi connectivity index (χ3n) is 5.14. The van der Waals surface area contributed by atoms with Gasteiger partial charge in [0.05, 0.1) is 11.3 Å². The summed E-state index contributed by atoms with van der Waals surface area (Å²) in [4.78, 5) is 42.6. The molecule has 2 amide bonds. The van der Waals surface area contributed by atoms with Gasteiger partial charge in [0.2, 0.25) is 5.91 Å². The first kappa shape index (κ1) is 21.7. The van der Waals surface area contributed by atoms with E-state index in [4.69, 9.17) is 4.74 Å². The number of carbonyl (C=O) groups is 3. The molecule has 7 nitrogen and oxygen atoms in total. The van der Waals surface area contributed by atoms with Gasteiger partial charge >= 0.3 is 5.97 Å². The van der Waals surface area contributed by atoms with Crippen molar-refractivity contribution in [3.63, 3.8) is 0 Å². The smallest absolute Gasteiger partial charge is 0.338 e. The molecule has 0 atom stereocenters. The lowest BCUT2D eigenvalue weighted by Crippen LogP contribution is -2.24. The summed E-state index contributed by atoms with van der Waals surface area (Å²) in [5.41, 5.74) is 4.10. The zero-order valence-corrected chi connectivity index (χ0v) is 18.5. The third kappa shape index (κ3) is 5.39. The Hall–Kier alpha value is -3.52. The van der Waals surface area contributed by atoms with Crippen LogP contribution in [0.1, 0.15) is 34.3 Å². The average Bonchev–Trinajstić information content (AvgIpc) is 3.42. The number of rotatable bonds is 7. The quantitative estimate of drug-likeness (QED) is 0.550. The zero-order chi connectivity index (χ0) is 22.5. The average molecular weight is 450 g/mol. The van der Waals surface area contributed by atoms with Gasteiger partial charge in [-0.3, -0.25) is 14.9 Å². The zero-order valence-electron chi connectivity index (χ0n) is 17.7. The van der Waals surface area contributed by atoms with Crippen molar-refractivity contribution in [2.45, 2.75) is 26.3 Å². The van der Waals surface area contributed by atoms with E-state index in [1.165, 1.54) is 11.3 Å². The van der Waals surface area contributed by atoms with Gasteiger partial charge in [0.1, 0.15) is 0 Å². The van der Waals surface area contributed by atoms with Gasteiger partial charge in [0.15, 0.2) is 11.7 Å². The maximum Gasteiger partial charge on any atom is 0.338 e. The summed E-state index contributed by atoms with van der Waals surface area (Å²) in [6.07, 6.45) is 1.43. The SMILES string of the molecule is Cc1ccc(-c2csc(NC(=O)COC(=O)c3cccc(CN4CCCC4=O)c3)n2)cc1. The Morgan fingerprint density at radius 3 is 2.75 bits per heavy atom. The second-order valence-electron chi connectivity index (χ2n) is 7.65.